The van der Waals surface area contributed by atoms with Crippen LogP contribution in [0.25, 0.3) is 6.08 Å². The summed E-state index contributed by atoms with van der Waals surface area (Å²) in [7, 11) is 0. The normalized spacial score (nSPS) is 16.0. The maximum atomic E-state index is 5.26. The van der Waals surface area contributed by atoms with E-state index < -0.39 is 0 Å². The number of aliphatic imine (C=N–C) groups is 1. The smallest absolute Gasteiger partial charge is 0.153 e. The first-order chi connectivity index (χ1) is 6.81. The summed E-state index contributed by atoms with van der Waals surface area (Å²) in [6.45, 7) is 4.34. The first kappa shape index (κ1) is 9.04. The van der Waals surface area contributed by atoms with Crippen LogP contribution < -0.4 is 0 Å². The summed E-state index contributed by atoms with van der Waals surface area (Å²) in [6.07, 6.45) is 6.74. The molecule has 1 aromatic rings. The highest BCUT2D eigenvalue weighted by molar-refractivity contribution is 5.75. The molecule has 1 aliphatic heterocycles. The van der Waals surface area contributed by atoms with E-state index in [0.717, 1.165) is 23.4 Å². The molecule has 1 aromatic heterocycles. The third-order valence-corrected chi connectivity index (χ3v) is 2.54. The van der Waals surface area contributed by atoms with Gasteiger partial charge in [-0.2, -0.15) is 0 Å². The van der Waals surface area contributed by atoms with Crippen LogP contribution in [-0.2, 0) is 0 Å². The third kappa shape index (κ3) is 1.57. The number of fused-ring (bicyclic) bond motifs is 1. The Morgan fingerprint density at radius 1 is 1.50 bits per heavy atom. The number of nitrogens with zero attached hydrogens (tertiary/aromatic N) is 1. The van der Waals surface area contributed by atoms with E-state index in [0.29, 0.717) is 5.92 Å². The molecule has 0 bridgehead atoms. The molecule has 1 aliphatic rings. The Morgan fingerprint density at radius 2 is 2.36 bits per heavy atom. The molecule has 1 unspecified atom stereocenters. The molecule has 0 aromatic carbocycles. The van der Waals surface area contributed by atoms with Crippen LogP contribution >= 0.6 is 0 Å². The van der Waals surface area contributed by atoms with E-state index in [1.165, 1.54) is 0 Å². The number of allylic oxidation sites excluding steroid dienone is 2. The van der Waals surface area contributed by atoms with Crippen molar-refractivity contribution in [1.29, 1.82) is 0 Å². The minimum absolute atomic E-state index is 0.499. The van der Waals surface area contributed by atoms with Crippen LogP contribution in [0.4, 0.5) is 5.69 Å². The fourth-order valence-electron chi connectivity index (χ4n) is 1.35. The van der Waals surface area contributed by atoms with E-state index in [1.54, 1.807) is 6.26 Å². The zero-order valence-electron chi connectivity index (χ0n) is 8.45. The lowest BCUT2D eigenvalue weighted by molar-refractivity contribution is 0.557. The van der Waals surface area contributed by atoms with Gasteiger partial charge in [0.25, 0.3) is 0 Å². The summed E-state index contributed by atoms with van der Waals surface area (Å²) < 4.78 is 5.26. The van der Waals surface area contributed by atoms with Crippen molar-refractivity contribution in [2.75, 3.05) is 0 Å². The zero-order valence-corrected chi connectivity index (χ0v) is 8.45. The van der Waals surface area contributed by atoms with Gasteiger partial charge in [0.05, 0.1) is 6.26 Å². The van der Waals surface area contributed by atoms with Crippen LogP contribution in [-0.4, -0.2) is 5.87 Å². The number of rotatable bonds is 2. The standard InChI is InChI=1S/C12H13NO/c1-3-9(2)10-4-5-12-11(13-8-10)6-7-14-12/h4-7,9H,3H2,1-2H3. The first-order valence-corrected chi connectivity index (χ1v) is 4.90. The van der Waals surface area contributed by atoms with E-state index in [1.807, 2.05) is 18.2 Å². The molecule has 2 heterocycles. The van der Waals surface area contributed by atoms with E-state index >= 15 is 0 Å². The van der Waals surface area contributed by atoms with E-state index in [4.69, 9.17) is 4.42 Å². The van der Waals surface area contributed by atoms with Crippen molar-refractivity contribution in [3.8, 4) is 0 Å². The summed E-state index contributed by atoms with van der Waals surface area (Å²) >= 11 is 0. The molecule has 2 heteroatoms. The highest BCUT2D eigenvalue weighted by Crippen LogP contribution is 2.25. The predicted molar refractivity (Wildman–Crippen MR) is 57.8 cm³/mol. The Balaban J connectivity index is 2.39. The fraction of sp³-hybridized carbons (Fsp3) is 0.333. The lowest BCUT2D eigenvalue weighted by atomic mass is 9.99. The number of hydrogen-bond acceptors (Lipinski definition) is 2. The van der Waals surface area contributed by atoms with Crippen LogP contribution in [0.2, 0.25) is 0 Å². The summed E-state index contributed by atoms with van der Waals surface area (Å²) in [5, 5.41) is 0. The van der Waals surface area contributed by atoms with E-state index in [2.05, 4.69) is 24.7 Å². The van der Waals surface area contributed by atoms with Crippen molar-refractivity contribution in [2.24, 2.45) is 10.9 Å². The monoisotopic (exact) mass is 187 g/mol. The van der Waals surface area contributed by atoms with Crippen LogP contribution in [0, 0.1) is 5.92 Å². The molecular weight excluding hydrogens is 174 g/mol. The Hall–Kier alpha value is -1.53. The molecule has 14 heavy (non-hydrogen) atoms. The molecule has 0 saturated heterocycles. The predicted octanol–water partition coefficient (Wildman–Crippen LogP) is 3.58. The number of furan rings is 1. The molecule has 0 fully saturated rings. The molecule has 2 rings (SSSR count). The highest BCUT2D eigenvalue weighted by atomic mass is 16.3. The Kier molecular flexibility index (Phi) is 2.38. The van der Waals surface area contributed by atoms with Crippen molar-refractivity contribution in [1.82, 2.24) is 0 Å². The van der Waals surface area contributed by atoms with Gasteiger partial charge in [-0.05, 0) is 30.4 Å². The molecule has 2 nitrogen and oxygen atoms in total. The van der Waals surface area contributed by atoms with Gasteiger partial charge < -0.3 is 4.42 Å². The topological polar surface area (TPSA) is 25.5 Å². The Morgan fingerprint density at radius 3 is 3.14 bits per heavy atom. The lowest BCUT2D eigenvalue weighted by Gasteiger charge is -2.04. The summed E-state index contributed by atoms with van der Waals surface area (Å²) in [5.74, 6) is 4.38. The first-order valence-electron chi connectivity index (χ1n) is 4.90. The van der Waals surface area contributed by atoms with Crippen molar-refractivity contribution in [3.05, 3.63) is 29.7 Å². The fourth-order valence-corrected chi connectivity index (χ4v) is 1.35. The van der Waals surface area contributed by atoms with Crippen molar-refractivity contribution in [3.63, 3.8) is 0 Å². The van der Waals surface area contributed by atoms with Crippen LogP contribution in [0.1, 0.15) is 26.0 Å². The molecule has 1 atom stereocenters. The zero-order chi connectivity index (χ0) is 9.97. The maximum Gasteiger partial charge on any atom is 0.153 e. The van der Waals surface area contributed by atoms with Crippen molar-refractivity contribution >= 4 is 17.6 Å². The van der Waals surface area contributed by atoms with Crippen LogP contribution in [0.5, 0.6) is 0 Å². The highest BCUT2D eigenvalue weighted by Gasteiger charge is 2.08. The second-order valence-electron chi connectivity index (χ2n) is 3.49. The van der Waals surface area contributed by atoms with Gasteiger partial charge >= 0.3 is 0 Å². The molecule has 0 amide bonds. The third-order valence-electron chi connectivity index (χ3n) is 2.54. The largest absolute Gasteiger partial charge is 0.463 e. The molecule has 0 saturated carbocycles. The summed E-state index contributed by atoms with van der Waals surface area (Å²) in [5.41, 5.74) is 2.00. The average molecular weight is 187 g/mol. The Bertz CT molecular complexity index is 419. The molecule has 72 valence electrons. The van der Waals surface area contributed by atoms with Gasteiger partial charge in [0, 0.05) is 11.6 Å². The minimum Gasteiger partial charge on any atom is -0.463 e. The van der Waals surface area contributed by atoms with Gasteiger partial charge in [-0.1, -0.05) is 13.8 Å². The van der Waals surface area contributed by atoms with E-state index in [9.17, 15) is 0 Å². The molecule has 0 N–H and O–H groups in total. The summed E-state index contributed by atoms with van der Waals surface area (Å²) in [6, 6.07) is 1.85. The van der Waals surface area contributed by atoms with Gasteiger partial charge in [-0.15, -0.1) is 0 Å². The average Bonchev–Trinajstić information content (AvgIpc) is 2.56. The molecular formula is C12H13NO. The van der Waals surface area contributed by atoms with E-state index in [-0.39, 0.29) is 0 Å². The molecule has 0 radical (unpaired) electrons. The van der Waals surface area contributed by atoms with Crippen molar-refractivity contribution in [2.45, 2.75) is 20.3 Å². The lowest BCUT2D eigenvalue weighted by Crippen LogP contribution is -1.94. The molecule has 0 aliphatic carbocycles. The summed E-state index contributed by atoms with van der Waals surface area (Å²) in [4.78, 5) is 4.25. The second-order valence-corrected chi connectivity index (χ2v) is 3.49. The number of hydrogen-bond donors (Lipinski definition) is 0. The molecule has 0 spiro atoms. The van der Waals surface area contributed by atoms with Crippen molar-refractivity contribution < 1.29 is 4.42 Å². The minimum atomic E-state index is 0.499. The quantitative estimate of drug-likeness (QED) is 0.694. The SMILES string of the molecule is CCC(C)C1=C=Nc2ccoc2C=C1. The van der Waals surface area contributed by atoms with Gasteiger partial charge in [0.15, 0.2) is 5.76 Å². The van der Waals surface area contributed by atoms with Gasteiger partial charge in [0.2, 0.25) is 0 Å². The second kappa shape index (κ2) is 3.69. The Labute approximate surface area is 83.7 Å². The van der Waals surface area contributed by atoms with Gasteiger partial charge in [-0.25, -0.2) is 4.99 Å². The van der Waals surface area contributed by atoms with Crippen LogP contribution in [0.15, 0.2) is 33.4 Å². The van der Waals surface area contributed by atoms with Crippen LogP contribution in [0.3, 0.4) is 0 Å². The maximum absolute atomic E-state index is 5.26. The van der Waals surface area contributed by atoms with Gasteiger partial charge in [0.1, 0.15) is 5.69 Å². The van der Waals surface area contributed by atoms with Gasteiger partial charge in [-0.3, -0.25) is 0 Å².